The van der Waals surface area contributed by atoms with Crippen LogP contribution in [0.4, 0.5) is 5.69 Å². The second-order valence-electron chi connectivity index (χ2n) is 5.37. The number of nitrogens with one attached hydrogen (secondary N) is 2. The number of rotatable bonds is 5. The van der Waals surface area contributed by atoms with Gasteiger partial charge in [-0.05, 0) is 30.8 Å². The molecule has 2 aromatic rings. The lowest BCUT2D eigenvalue weighted by Gasteiger charge is -2.11. The predicted octanol–water partition coefficient (Wildman–Crippen LogP) is 3.12. The van der Waals surface area contributed by atoms with Gasteiger partial charge in [0.1, 0.15) is 18.1 Å². The lowest BCUT2D eigenvalue weighted by atomic mass is 10.1. The maximum absolute atomic E-state index is 12.4. The fourth-order valence-corrected chi connectivity index (χ4v) is 3.08. The van der Waals surface area contributed by atoms with Crippen LogP contribution in [0, 0.1) is 4.77 Å². The topological polar surface area (TPSA) is 71.9 Å². The highest BCUT2D eigenvalue weighted by Crippen LogP contribution is 2.36. The second kappa shape index (κ2) is 6.72. The first-order valence-corrected chi connectivity index (χ1v) is 8.26. The molecule has 0 bridgehead atoms. The van der Waals surface area contributed by atoms with Gasteiger partial charge >= 0.3 is 0 Å². The normalized spacial score (nSPS) is 12.8. The summed E-state index contributed by atoms with van der Waals surface area (Å²) in [6, 6.07) is 3.57. The summed E-state index contributed by atoms with van der Waals surface area (Å²) in [4.78, 5) is 12.4. The van der Waals surface area contributed by atoms with Crippen LogP contribution in [0.1, 0.15) is 24.7 Å². The Kier molecular flexibility index (Phi) is 4.68. The minimum absolute atomic E-state index is 0.103. The molecule has 0 saturated heterocycles. The lowest BCUT2D eigenvalue weighted by Crippen LogP contribution is -2.20. The number of fused-ring (bicyclic) bond motifs is 1. The van der Waals surface area contributed by atoms with Crippen LogP contribution in [0.2, 0.25) is 5.02 Å². The Balaban J connectivity index is 1.79. The Labute approximate surface area is 143 Å². The molecule has 1 aromatic heterocycles. The summed E-state index contributed by atoms with van der Waals surface area (Å²) in [5.41, 5.74) is 1.61. The van der Waals surface area contributed by atoms with Crippen LogP contribution < -0.4 is 10.1 Å². The van der Waals surface area contributed by atoms with E-state index in [9.17, 15) is 4.79 Å². The summed E-state index contributed by atoms with van der Waals surface area (Å²) < 4.78 is 7.74. The Bertz CT molecular complexity index is 799. The molecule has 1 amide bonds. The maximum Gasteiger partial charge on any atom is 0.244 e. The average molecular weight is 353 g/mol. The molecule has 3 rings (SSSR count). The highest BCUT2D eigenvalue weighted by molar-refractivity contribution is 7.71. The van der Waals surface area contributed by atoms with Gasteiger partial charge in [-0.25, -0.2) is 0 Å². The van der Waals surface area contributed by atoms with E-state index in [4.69, 9.17) is 28.6 Å². The molecular weight excluding hydrogens is 336 g/mol. The fraction of sp³-hybridized carbons (Fsp3) is 0.400. The van der Waals surface area contributed by atoms with Crippen LogP contribution in [-0.4, -0.2) is 27.3 Å². The Morgan fingerprint density at radius 1 is 1.57 bits per heavy atom. The largest absolute Gasteiger partial charge is 0.491 e. The highest BCUT2D eigenvalue weighted by Gasteiger charge is 2.19. The molecule has 0 fully saturated rings. The number of aromatic nitrogens is 3. The van der Waals surface area contributed by atoms with Gasteiger partial charge in [-0.1, -0.05) is 18.5 Å². The molecule has 1 aromatic carbocycles. The lowest BCUT2D eigenvalue weighted by molar-refractivity contribution is -0.116. The van der Waals surface area contributed by atoms with E-state index in [2.05, 4.69) is 22.4 Å². The van der Waals surface area contributed by atoms with E-state index in [0.29, 0.717) is 27.8 Å². The van der Waals surface area contributed by atoms with Gasteiger partial charge in [-0.3, -0.25) is 14.5 Å². The van der Waals surface area contributed by atoms with E-state index >= 15 is 0 Å². The summed E-state index contributed by atoms with van der Waals surface area (Å²) in [7, 11) is 0. The Morgan fingerprint density at radius 3 is 3.17 bits per heavy atom. The summed E-state index contributed by atoms with van der Waals surface area (Å²) in [6.45, 7) is 2.76. The van der Waals surface area contributed by atoms with Crippen LogP contribution in [0.25, 0.3) is 0 Å². The highest BCUT2D eigenvalue weighted by atomic mass is 35.5. The molecule has 8 heteroatoms. The number of benzene rings is 1. The third-order valence-corrected chi connectivity index (χ3v) is 4.17. The van der Waals surface area contributed by atoms with E-state index in [1.807, 2.05) is 6.07 Å². The number of carbonyl (C=O) groups is 1. The molecular formula is C15H17ClN4O2S. The number of nitrogens with zero attached hydrogens (tertiary/aromatic N) is 2. The third kappa shape index (κ3) is 3.40. The van der Waals surface area contributed by atoms with Crippen molar-refractivity contribution in [1.82, 2.24) is 14.8 Å². The van der Waals surface area contributed by atoms with Crippen LogP contribution in [0.5, 0.6) is 5.75 Å². The minimum Gasteiger partial charge on any atom is -0.491 e. The number of aryl methyl sites for hydroxylation is 1. The number of amides is 1. The van der Waals surface area contributed by atoms with E-state index in [0.717, 1.165) is 30.7 Å². The molecule has 0 unspecified atom stereocenters. The molecule has 122 valence electrons. The molecule has 1 aliphatic rings. The van der Waals surface area contributed by atoms with Crippen molar-refractivity contribution < 1.29 is 9.53 Å². The zero-order valence-corrected chi connectivity index (χ0v) is 14.3. The third-order valence-electron chi connectivity index (χ3n) is 3.64. The molecule has 0 atom stereocenters. The first-order chi connectivity index (χ1) is 11.1. The van der Waals surface area contributed by atoms with Crippen molar-refractivity contribution >= 4 is 35.4 Å². The summed E-state index contributed by atoms with van der Waals surface area (Å²) in [6.07, 6.45) is 2.49. The number of ether oxygens (including phenoxy) is 1. The van der Waals surface area contributed by atoms with Crippen LogP contribution in [0.15, 0.2) is 12.1 Å². The SMILES string of the molecule is CCCc1n[nH]c(=S)n1CC(=O)Nc1cc(Cl)cc2c1OCC2. The number of hydrogen-bond donors (Lipinski definition) is 2. The first-order valence-electron chi connectivity index (χ1n) is 7.47. The summed E-state index contributed by atoms with van der Waals surface area (Å²) in [5, 5.41) is 10.3. The van der Waals surface area contributed by atoms with Gasteiger partial charge in [0.15, 0.2) is 4.77 Å². The van der Waals surface area contributed by atoms with Gasteiger partial charge < -0.3 is 10.1 Å². The molecule has 0 aliphatic carbocycles. The summed E-state index contributed by atoms with van der Waals surface area (Å²) in [5.74, 6) is 1.28. The smallest absolute Gasteiger partial charge is 0.244 e. The van der Waals surface area contributed by atoms with Gasteiger partial charge in [0, 0.05) is 23.4 Å². The van der Waals surface area contributed by atoms with Crippen LogP contribution >= 0.6 is 23.8 Å². The molecule has 23 heavy (non-hydrogen) atoms. The number of halogens is 1. The van der Waals surface area contributed by atoms with Gasteiger partial charge in [0.05, 0.1) is 12.3 Å². The molecule has 0 spiro atoms. The zero-order chi connectivity index (χ0) is 16.4. The van der Waals surface area contributed by atoms with Gasteiger partial charge in [0.25, 0.3) is 0 Å². The predicted molar refractivity (Wildman–Crippen MR) is 90.7 cm³/mol. The van der Waals surface area contributed by atoms with E-state index < -0.39 is 0 Å². The molecule has 0 saturated carbocycles. The van der Waals surface area contributed by atoms with Crippen molar-refractivity contribution in [1.29, 1.82) is 0 Å². The van der Waals surface area contributed by atoms with E-state index in [-0.39, 0.29) is 12.5 Å². The molecule has 2 N–H and O–H groups in total. The fourth-order valence-electron chi connectivity index (χ4n) is 2.62. The standard InChI is InChI=1S/C15H17ClN4O2S/c1-2-3-12-18-19-15(23)20(12)8-13(21)17-11-7-10(16)6-9-4-5-22-14(9)11/h6-7H,2-5,8H2,1H3,(H,17,21)(H,19,23). The van der Waals surface area contributed by atoms with Crippen molar-refractivity contribution in [2.24, 2.45) is 0 Å². The van der Waals surface area contributed by atoms with Crippen molar-refractivity contribution in [2.45, 2.75) is 32.7 Å². The molecule has 1 aliphatic heterocycles. The van der Waals surface area contributed by atoms with E-state index in [1.54, 1.807) is 10.6 Å². The van der Waals surface area contributed by atoms with Crippen LogP contribution in [-0.2, 0) is 24.2 Å². The van der Waals surface area contributed by atoms with Crippen molar-refractivity contribution in [2.75, 3.05) is 11.9 Å². The van der Waals surface area contributed by atoms with Gasteiger partial charge in [0.2, 0.25) is 5.91 Å². The number of aromatic amines is 1. The Hall–Kier alpha value is -1.86. The second-order valence-corrected chi connectivity index (χ2v) is 6.19. The Morgan fingerprint density at radius 2 is 2.39 bits per heavy atom. The van der Waals surface area contributed by atoms with Gasteiger partial charge in [-0.15, -0.1) is 0 Å². The first kappa shape index (κ1) is 16.0. The number of H-pyrrole nitrogens is 1. The minimum atomic E-state index is -0.195. The average Bonchev–Trinajstić information content (AvgIpc) is 3.09. The van der Waals surface area contributed by atoms with Crippen LogP contribution in [0.3, 0.4) is 0 Å². The monoisotopic (exact) mass is 352 g/mol. The maximum atomic E-state index is 12.4. The zero-order valence-electron chi connectivity index (χ0n) is 12.7. The quantitative estimate of drug-likeness (QED) is 0.811. The number of hydrogen-bond acceptors (Lipinski definition) is 4. The van der Waals surface area contributed by atoms with Crippen molar-refractivity contribution in [3.63, 3.8) is 0 Å². The van der Waals surface area contributed by atoms with E-state index in [1.165, 1.54) is 0 Å². The number of anilines is 1. The molecule has 0 radical (unpaired) electrons. The molecule has 2 heterocycles. The van der Waals surface area contributed by atoms with Gasteiger partial charge in [-0.2, -0.15) is 5.10 Å². The number of carbonyl (C=O) groups excluding carboxylic acids is 1. The van der Waals surface area contributed by atoms with Crippen molar-refractivity contribution in [3.8, 4) is 5.75 Å². The molecule has 6 nitrogen and oxygen atoms in total. The summed E-state index contributed by atoms with van der Waals surface area (Å²) >= 11 is 11.3. The van der Waals surface area contributed by atoms with Crippen molar-refractivity contribution in [3.05, 3.63) is 33.3 Å².